The van der Waals surface area contributed by atoms with Gasteiger partial charge in [-0.2, -0.15) is 0 Å². The number of amides is 1. The molecule has 2 aromatic rings. The van der Waals surface area contributed by atoms with Crippen LogP contribution in [-0.4, -0.2) is 52.3 Å². The zero-order valence-electron chi connectivity index (χ0n) is 12.1. The molecule has 1 saturated heterocycles. The van der Waals surface area contributed by atoms with Crippen LogP contribution in [0.4, 0.5) is 5.82 Å². The van der Waals surface area contributed by atoms with Crippen molar-refractivity contribution >= 4 is 11.7 Å². The van der Waals surface area contributed by atoms with E-state index in [4.69, 9.17) is 4.74 Å². The summed E-state index contributed by atoms with van der Waals surface area (Å²) in [5.41, 5.74) is 1.46. The van der Waals surface area contributed by atoms with Crippen molar-refractivity contribution < 1.29 is 9.53 Å². The fourth-order valence-corrected chi connectivity index (χ4v) is 2.16. The number of hydrogen-bond acceptors (Lipinski definition) is 6. The Kier molecular flexibility index (Phi) is 4.55. The molecule has 1 aliphatic heterocycles. The van der Waals surface area contributed by atoms with E-state index in [1.807, 2.05) is 12.1 Å². The van der Waals surface area contributed by atoms with Gasteiger partial charge in [-0.05, 0) is 29.8 Å². The molecule has 0 atom stereocenters. The lowest BCUT2D eigenvalue weighted by molar-refractivity contribution is 0.0298. The summed E-state index contributed by atoms with van der Waals surface area (Å²) < 4.78 is 5.23. The van der Waals surface area contributed by atoms with Crippen molar-refractivity contribution in [3.05, 3.63) is 47.9 Å². The number of nitrogens with zero attached hydrogens (tertiary/aromatic N) is 4. The number of rotatable bonds is 4. The fourth-order valence-electron chi connectivity index (χ4n) is 2.16. The maximum absolute atomic E-state index is 12.2. The second-order valence-corrected chi connectivity index (χ2v) is 4.92. The van der Waals surface area contributed by atoms with E-state index in [2.05, 4.69) is 20.5 Å². The van der Waals surface area contributed by atoms with Gasteiger partial charge in [-0.15, -0.1) is 10.2 Å². The lowest BCUT2D eigenvalue weighted by atomic mass is 10.2. The first kappa shape index (κ1) is 14.4. The predicted molar refractivity (Wildman–Crippen MR) is 80.3 cm³/mol. The van der Waals surface area contributed by atoms with Crippen molar-refractivity contribution in [1.82, 2.24) is 20.1 Å². The molecular weight excluding hydrogens is 282 g/mol. The summed E-state index contributed by atoms with van der Waals surface area (Å²) >= 11 is 0. The van der Waals surface area contributed by atoms with Crippen LogP contribution in [0.2, 0.25) is 0 Å². The number of carbonyl (C=O) groups excluding carboxylic acids is 1. The van der Waals surface area contributed by atoms with Crippen molar-refractivity contribution in [2.75, 3.05) is 31.6 Å². The molecule has 1 fully saturated rings. The average Bonchev–Trinajstić information content (AvgIpc) is 2.61. The van der Waals surface area contributed by atoms with Crippen LogP contribution in [0.15, 0.2) is 36.7 Å². The van der Waals surface area contributed by atoms with Gasteiger partial charge in [0, 0.05) is 32.0 Å². The van der Waals surface area contributed by atoms with Crippen LogP contribution in [-0.2, 0) is 11.3 Å². The summed E-state index contributed by atoms with van der Waals surface area (Å²) in [5, 5.41) is 11.2. The maximum atomic E-state index is 12.2. The van der Waals surface area contributed by atoms with Gasteiger partial charge in [0.25, 0.3) is 5.91 Å². The van der Waals surface area contributed by atoms with Gasteiger partial charge in [0.15, 0.2) is 5.69 Å². The van der Waals surface area contributed by atoms with Crippen molar-refractivity contribution in [1.29, 1.82) is 0 Å². The summed E-state index contributed by atoms with van der Waals surface area (Å²) in [6.07, 6.45) is 3.49. The van der Waals surface area contributed by atoms with E-state index in [0.29, 0.717) is 44.4 Å². The predicted octanol–water partition coefficient (Wildman–Crippen LogP) is 0.956. The van der Waals surface area contributed by atoms with Crippen LogP contribution < -0.4 is 5.32 Å². The van der Waals surface area contributed by atoms with Crippen LogP contribution in [0.3, 0.4) is 0 Å². The van der Waals surface area contributed by atoms with Crippen molar-refractivity contribution in [3.8, 4) is 0 Å². The third-order valence-corrected chi connectivity index (χ3v) is 3.40. The van der Waals surface area contributed by atoms with E-state index < -0.39 is 0 Å². The first-order valence-corrected chi connectivity index (χ1v) is 7.16. The van der Waals surface area contributed by atoms with E-state index >= 15 is 0 Å². The Morgan fingerprint density at radius 2 is 1.91 bits per heavy atom. The molecule has 1 amide bonds. The molecule has 0 aromatic carbocycles. The zero-order valence-corrected chi connectivity index (χ0v) is 12.1. The molecule has 0 bridgehead atoms. The average molecular weight is 299 g/mol. The van der Waals surface area contributed by atoms with Crippen LogP contribution in [0, 0.1) is 0 Å². The third-order valence-electron chi connectivity index (χ3n) is 3.40. The second kappa shape index (κ2) is 6.95. The van der Waals surface area contributed by atoms with Gasteiger partial charge in [0.05, 0.1) is 13.2 Å². The van der Waals surface area contributed by atoms with Gasteiger partial charge in [0.1, 0.15) is 5.82 Å². The lowest BCUT2D eigenvalue weighted by Crippen LogP contribution is -2.41. The highest BCUT2D eigenvalue weighted by Crippen LogP contribution is 2.08. The van der Waals surface area contributed by atoms with E-state index in [9.17, 15) is 4.79 Å². The minimum atomic E-state index is -0.100. The summed E-state index contributed by atoms with van der Waals surface area (Å²) in [6.45, 7) is 2.98. The van der Waals surface area contributed by atoms with Crippen LogP contribution in [0.1, 0.15) is 16.1 Å². The quantitative estimate of drug-likeness (QED) is 0.905. The van der Waals surface area contributed by atoms with E-state index in [-0.39, 0.29) is 5.91 Å². The minimum Gasteiger partial charge on any atom is -0.378 e. The molecule has 0 unspecified atom stereocenters. The second-order valence-electron chi connectivity index (χ2n) is 4.92. The van der Waals surface area contributed by atoms with Crippen LogP contribution in [0.25, 0.3) is 0 Å². The molecule has 1 aliphatic rings. The van der Waals surface area contributed by atoms with Crippen LogP contribution in [0.5, 0.6) is 0 Å². The Morgan fingerprint density at radius 3 is 2.59 bits per heavy atom. The zero-order chi connectivity index (χ0) is 15.2. The molecule has 114 valence electrons. The molecule has 3 heterocycles. The Morgan fingerprint density at radius 1 is 1.14 bits per heavy atom. The summed E-state index contributed by atoms with van der Waals surface area (Å²) in [7, 11) is 0. The summed E-state index contributed by atoms with van der Waals surface area (Å²) in [4.78, 5) is 17.9. The first-order chi connectivity index (χ1) is 10.8. The molecule has 0 radical (unpaired) electrons. The first-order valence-electron chi connectivity index (χ1n) is 7.16. The third kappa shape index (κ3) is 3.56. The molecule has 3 rings (SSSR count). The molecule has 1 N–H and O–H groups in total. The van der Waals surface area contributed by atoms with Gasteiger partial charge < -0.3 is 15.0 Å². The van der Waals surface area contributed by atoms with Crippen molar-refractivity contribution in [2.24, 2.45) is 0 Å². The van der Waals surface area contributed by atoms with Gasteiger partial charge in [-0.3, -0.25) is 9.78 Å². The highest BCUT2D eigenvalue weighted by Gasteiger charge is 2.19. The number of morpholine rings is 1. The summed E-state index contributed by atoms with van der Waals surface area (Å²) in [6, 6.07) is 7.31. The molecule has 7 heteroatoms. The van der Waals surface area contributed by atoms with Crippen molar-refractivity contribution in [2.45, 2.75) is 6.54 Å². The maximum Gasteiger partial charge on any atom is 0.274 e. The molecule has 0 saturated carbocycles. The monoisotopic (exact) mass is 299 g/mol. The number of aromatic nitrogens is 3. The van der Waals surface area contributed by atoms with Gasteiger partial charge in [0.2, 0.25) is 0 Å². The number of pyridine rings is 1. The van der Waals surface area contributed by atoms with Crippen LogP contribution >= 0.6 is 0 Å². The standard InChI is InChI=1S/C15H17N5O2/c21-15(20-7-9-22-10-8-20)13-1-2-14(19-18-13)17-11-12-3-5-16-6-4-12/h1-6H,7-11H2,(H,17,19). The molecule has 0 spiro atoms. The Labute approximate surface area is 128 Å². The van der Waals surface area contributed by atoms with E-state index in [1.54, 1.807) is 29.4 Å². The molecular formula is C15H17N5O2. The topological polar surface area (TPSA) is 80.2 Å². The van der Waals surface area contributed by atoms with E-state index in [1.165, 1.54) is 0 Å². The Hall–Kier alpha value is -2.54. The van der Waals surface area contributed by atoms with Crippen molar-refractivity contribution in [3.63, 3.8) is 0 Å². The largest absolute Gasteiger partial charge is 0.378 e. The molecule has 22 heavy (non-hydrogen) atoms. The lowest BCUT2D eigenvalue weighted by Gasteiger charge is -2.26. The SMILES string of the molecule is O=C(c1ccc(NCc2ccncc2)nn1)N1CCOCC1. The highest BCUT2D eigenvalue weighted by molar-refractivity contribution is 5.92. The smallest absolute Gasteiger partial charge is 0.274 e. The Balaban J connectivity index is 1.59. The molecule has 7 nitrogen and oxygen atoms in total. The number of anilines is 1. The Bertz CT molecular complexity index is 612. The number of carbonyl (C=O) groups is 1. The fraction of sp³-hybridized carbons (Fsp3) is 0.333. The van der Waals surface area contributed by atoms with Gasteiger partial charge in [-0.25, -0.2) is 0 Å². The number of nitrogens with one attached hydrogen (secondary N) is 1. The molecule has 2 aromatic heterocycles. The highest BCUT2D eigenvalue weighted by atomic mass is 16.5. The molecule has 0 aliphatic carbocycles. The minimum absolute atomic E-state index is 0.100. The number of hydrogen-bond donors (Lipinski definition) is 1. The summed E-state index contributed by atoms with van der Waals surface area (Å²) in [5.74, 6) is 0.534. The van der Waals surface area contributed by atoms with E-state index in [0.717, 1.165) is 5.56 Å². The normalized spacial score (nSPS) is 14.6. The number of ether oxygens (including phenoxy) is 1. The van der Waals surface area contributed by atoms with Gasteiger partial charge >= 0.3 is 0 Å². The van der Waals surface area contributed by atoms with Gasteiger partial charge in [-0.1, -0.05) is 0 Å².